The molecular formula is C13H19Br2NO4. The molecule has 0 bridgehead atoms. The Bertz CT molecular complexity index is 430. The van der Waals surface area contributed by atoms with Crippen molar-refractivity contribution in [3.8, 4) is 5.75 Å². The van der Waals surface area contributed by atoms with Gasteiger partial charge in [0.1, 0.15) is 5.75 Å². The molecule has 0 fully saturated rings. The molecule has 0 heterocycles. The first-order valence-electron chi connectivity index (χ1n) is 6.20. The summed E-state index contributed by atoms with van der Waals surface area (Å²) < 4.78 is 7.29. The number of hydrogen-bond donors (Lipinski definition) is 4. The van der Waals surface area contributed by atoms with E-state index in [-0.39, 0.29) is 19.8 Å². The lowest BCUT2D eigenvalue weighted by atomic mass is 10.0. The zero-order valence-corrected chi connectivity index (χ0v) is 14.4. The first-order valence-corrected chi connectivity index (χ1v) is 7.79. The minimum Gasteiger partial charge on any atom is -0.492 e. The van der Waals surface area contributed by atoms with Crippen LogP contribution in [0.1, 0.15) is 12.5 Å². The van der Waals surface area contributed by atoms with E-state index in [0.29, 0.717) is 18.9 Å². The predicted octanol–water partition coefficient (Wildman–Crippen LogP) is 1.42. The van der Waals surface area contributed by atoms with Crippen LogP contribution in [-0.4, -0.2) is 47.3 Å². The number of halogens is 2. The number of ether oxygens (including phenoxy) is 1. The van der Waals surface area contributed by atoms with Gasteiger partial charge in [0.25, 0.3) is 0 Å². The molecular weight excluding hydrogens is 394 g/mol. The van der Waals surface area contributed by atoms with Crippen LogP contribution in [0.5, 0.6) is 5.75 Å². The third-order valence-corrected chi connectivity index (χ3v) is 3.98. The zero-order valence-electron chi connectivity index (χ0n) is 11.2. The maximum atomic E-state index is 9.30. The smallest absolute Gasteiger partial charge is 0.138 e. The topological polar surface area (TPSA) is 82.0 Å². The predicted molar refractivity (Wildman–Crippen MR) is 83.8 cm³/mol. The van der Waals surface area contributed by atoms with Crippen LogP contribution in [0.15, 0.2) is 21.1 Å². The van der Waals surface area contributed by atoms with Gasteiger partial charge in [-0.15, -0.1) is 0 Å². The highest BCUT2D eigenvalue weighted by Gasteiger charge is 2.27. The Labute approximate surface area is 135 Å². The first kappa shape index (κ1) is 17.9. The number of benzene rings is 1. The molecule has 0 saturated heterocycles. The maximum Gasteiger partial charge on any atom is 0.138 e. The summed E-state index contributed by atoms with van der Waals surface area (Å²) in [4.78, 5) is 0. The Morgan fingerprint density at radius 2 is 1.75 bits per heavy atom. The first-order chi connectivity index (χ1) is 9.51. The van der Waals surface area contributed by atoms with Gasteiger partial charge in [0.2, 0.25) is 0 Å². The summed E-state index contributed by atoms with van der Waals surface area (Å²) in [5.41, 5.74) is -0.258. The molecule has 0 aliphatic heterocycles. The van der Waals surface area contributed by atoms with Crippen LogP contribution in [0.25, 0.3) is 0 Å². The largest absolute Gasteiger partial charge is 0.492 e. The number of nitrogens with one attached hydrogen (secondary N) is 1. The average molecular weight is 413 g/mol. The van der Waals surface area contributed by atoms with Crippen molar-refractivity contribution in [2.75, 3.05) is 26.4 Å². The average Bonchev–Trinajstić information content (AvgIpc) is 2.44. The van der Waals surface area contributed by atoms with Crippen molar-refractivity contribution in [3.63, 3.8) is 0 Å². The molecule has 0 atom stereocenters. The summed E-state index contributed by atoms with van der Waals surface area (Å²) >= 11 is 6.85. The molecule has 20 heavy (non-hydrogen) atoms. The molecule has 4 N–H and O–H groups in total. The Balaban J connectivity index is 2.96. The lowest BCUT2D eigenvalue weighted by Crippen LogP contribution is -2.54. The van der Waals surface area contributed by atoms with E-state index in [1.807, 2.05) is 19.1 Å². The Morgan fingerprint density at radius 3 is 2.25 bits per heavy atom. The molecule has 0 spiro atoms. The summed E-state index contributed by atoms with van der Waals surface area (Å²) in [6.45, 7) is 1.68. The normalized spacial score (nSPS) is 11.7. The van der Waals surface area contributed by atoms with Gasteiger partial charge in [-0.1, -0.05) is 15.9 Å². The molecule has 0 unspecified atom stereocenters. The van der Waals surface area contributed by atoms with Crippen LogP contribution in [0.2, 0.25) is 0 Å². The molecule has 0 aliphatic rings. The fourth-order valence-electron chi connectivity index (χ4n) is 1.65. The second-order valence-corrected chi connectivity index (χ2v) is 6.19. The highest BCUT2D eigenvalue weighted by atomic mass is 79.9. The number of hydrogen-bond acceptors (Lipinski definition) is 5. The number of aliphatic hydroxyl groups is 3. The fourth-order valence-corrected chi connectivity index (χ4v) is 3.08. The SMILES string of the molecule is CCOc1c(Br)cc(Br)cc1CNC(CO)(CO)CO. The molecule has 1 rings (SSSR count). The van der Waals surface area contributed by atoms with E-state index in [1.54, 1.807) is 0 Å². The Morgan fingerprint density at radius 1 is 1.15 bits per heavy atom. The third-order valence-electron chi connectivity index (χ3n) is 2.94. The molecule has 7 heteroatoms. The van der Waals surface area contributed by atoms with Gasteiger partial charge < -0.3 is 25.4 Å². The zero-order chi connectivity index (χ0) is 15.2. The standard InChI is InChI=1S/C13H19Br2NO4/c1-2-20-12-9(3-10(14)4-11(12)15)5-16-13(6-17,7-18)8-19/h3-4,16-19H,2,5-8H2,1H3. The molecule has 0 aliphatic carbocycles. The molecule has 1 aromatic carbocycles. The summed E-state index contributed by atoms with van der Waals surface area (Å²) in [6.07, 6.45) is 0. The van der Waals surface area contributed by atoms with Crippen LogP contribution in [-0.2, 0) is 6.54 Å². The highest BCUT2D eigenvalue weighted by molar-refractivity contribution is 9.11. The van der Waals surface area contributed by atoms with Crippen molar-refractivity contribution in [1.29, 1.82) is 0 Å². The van der Waals surface area contributed by atoms with Crippen molar-refractivity contribution in [3.05, 3.63) is 26.6 Å². The number of aliphatic hydroxyl groups excluding tert-OH is 3. The molecule has 1 aromatic rings. The van der Waals surface area contributed by atoms with Crippen LogP contribution in [0, 0.1) is 0 Å². The van der Waals surface area contributed by atoms with Crippen LogP contribution < -0.4 is 10.1 Å². The number of rotatable bonds is 8. The van der Waals surface area contributed by atoms with Crippen molar-refractivity contribution in [1.82, 2.24) is 5.32 Å². The van der Waals surface area contributed by atoms with E-state index in [4.69, 9.17) is 4.74 Å². The van der Waals surface area contributed by atoms with E-state index in [1.165, 1.54) is 0 Å². The lowest BCUT2D eigenvalue weighted by Gasteiger charge is -2.29. The van der Waals surface area contributed by atoms with Gasteiger partial charge in [0.15, 0.2) is 0 Å². The van der Waals surface area contributed by atoms with Crippen molar-refractivity contribution in [2.24, 2.45) is 0 Å². The molecule has 0 saturated carbocycles. The van der Waals surface area contributed by atoms with Crippen LogP contribution >= 0.6 is 31.9 Å². The van der Waals surface area contributed by atoms with Crippen LogP contribution in [0.3, 0.4) is 0 Å². The Hall–Kier alpha value is -0.180. The summed E-state index contributed by atoms with van der Waals surface area (Å²) in [5.74, 6) is 0.700. The van der Waals surface area contributed by atoms with E-state index in [0.717, 1.165) is 14.5 Å². The van der Waals surface area contributed by atoms with Crippen molar-refractivity contribution in [2.45, 2.75) is 19.0 Å². The van der Waals surface area contributed by atoms with Gasteiger partial charge in [-0.05, 0) is 35.0 Å². The molecule has 0 radical (unpaired) electrons. The van der Waals surface area contributed by atoms with Crippen LogP contribution in [0.4, 0.5) is 0 Å². The second kappa shape index (κ2) is 8.31. The Kier molecular flexibility index (Phi) is 7.42. The van der Waals surface area contributed by atoms with E-state index < -0.39 is 5.54 Å². The van der Waals surface area contributed by atoms with Crippen molar-refractivity contribution < 1.29 is 20.1 Å². The van der Waals surface area contributed by atoms with Gasteiger partial charge in [0.05, 0.1) is 36.4 Å². The van der Waals surface area contributed by atoms with Crippen molar-refractivity contribution >= 4 is 31.9 Å². The molecule has 5 nitrogen and oxygen atoms in total. The second-order valence-electron chi connectivity index (χ2n) is 4.42. The van der Waals surface area contributed by atoms with Gasteiger partial charge in [-0.2, -0.15) is 0 Å². The van der Waals surface area contributed by atoms with Gasteiger partial charge in [0, 0.05) is 16.6 Å². The summed E-state index contributed by atoms with van der Waals surface area (Å²) in [5, 5.41) is 30.9. The van der Waals surface area contributed by atoms with Gasteiger partial charge in [-0.3, -0.25) is 0 Å². The quantitative estimate of drug-likeness (QED) is 0.519. The van der Waals surface area contributed by atoms with E-state index >= 15 is 0 Å². The van der Waals surface area contributed by atoms with E-state index in [2.05, 4.69) is 37.2 Å². The molecule has 0 aromatic heterocycles. The molecule has 114 valence electrons. The lowest BCUT2D eigenvalue weighted by molar-refractivity contribution is 0.0412. The third kappa shape index (κ3) is 4.41. The molecule has 0 amide bonds. The summed E-state index contributed by atoms with van der Waals surface area (Å²) in [6, 6.07) is 3.77. The monoisotopic (exact) mass is 411 g/mol. The summed E-state index contributed by atoms with van der Waals surface area (Å²) in [7, 11) is 0. The van der Waals surface area contributed by atoms with Gasteiger partial charge >= 0.3 is 0 Å². The minimum atomic E-state index is -1.11. The highest BCUT2D eigenvalue weighted by Crippen LogP contribution is 2.33. The maximum absolute atomic E-state index is 9.30. The van der Waals surface area contributed by atoms with Gasteiger partial charge in [-0.25, -0.2) is 0 Å². The fraction of sp³-hybridized carbons (Fsp3) is 0.538. The minimum absolute atomic E-state index is 0.342. The van der Waals surface area contributed by atoms with E-state index in [9.17, 15) is 15.3 Å².